The summed E-state index contributed by atoms with van der Waals surface area (Å²) in [7, 11) is -2.02. The topological polar surface area (TPSA) is 144 Å². The minimum absolute atomic E-state index is 0.0573. The molecule has 3 aliphatic heterocycles. The number of pyridine rings is 2. The van der Waals surface area contributed by atoms with Crippen LogP contribution in [0.2, 0.25) is 16.6 Å². The van der Waals surface area contributed by atoms with E-state index < -0.39 is 20.0 Å². The average molecular weight is 730 g/mol. The average Bonchev–Trinajstić information content (AvgIpc) is 3.53. The Labute approximate surface area is 309 Å². The second kappa shape index (κ2) is 17.7. The van der Waals surface area contributed by atoms with Gasteiger partial charge in [0.2, 0.25) is 0 Å². The van der Waals surface area contributed by atoms with Crippen molar-refractivity contribution in [3.05, 3.63) is 59.2 Å². The van der Waals surface area contributed by atoms with Gasteiger partial charge in [0.15, 0.2) is 0 Å². The van der Waals surface area contributed by atoms with Crippen molar-refractivity contribution < 1.29 is 19.8 Å². The van der Waals surface area contributed by atoms with Crippen LogP contribution in [0.25, 0.3) is 11.4 Å². The first-order valence-corrected chi connectivity index (χ1v) is 20.8. The lowest BCUT2D eigenvalue weighted by Crippen LogP contribution is -2.47. The van der Waals surface area contributed by atoms with E-state index in [0.29, 0.717) is 88.6 Å². The van der Waals surface area contributed by atoms with Crippen molar-refractivity contribution >= 4 is 20.0 Å². The molecular weight excluding hydrogens is 675 g/mol. The minimum Gasteiger partial charge on any atom is -0.480 e. The predicted molar refractivity (Wildman–Crippen MR) is 203 cm³/mol. The summed E-state index contributed by atoms with van der Waals surface area (Å²) in [5, 5.41) is 28.3. The first-order valence-electron chi connectivity index (χ1n) is 18.5. The molecule has 2 N–H and O–H groups in total. The van der Waals surface area contributed by atoms with Gasteiger partial charge in [0.1, 0.15) is 13.8 Å². The lowest BCUT2D eigenvalue weighted by Gasteiger charge is -2.38. The summed E-state index contributed by atoms with van der Waals surface area (Å²) in [6, 6.07) is 10.1. The molecule has 14 heteroatoms. The Hall–Kier alpha value is -4.00. The monoisotopic (exact) mass is 729 g/mol. The summed E-state index contributed by atoms with van der Waals surface area (Å²) in [6.45, 7) is 19.8. The summed E-state index contributed by atoms with van der Waals surface area (Å²) < 4.78 is 1.85. The minimum atomic E-state index is -2.02. The van der Waals surface area contributed by atoms with E-state index in [4.69, 9.17) is 9.97 Å². The fourth-order valence-electron chi connectivity index (χ4n) is 7.99. The lowest BCUT2D eigenvalue weighted by atomic mass is 10.1. The molecule has 0 atom stereocenters. The zero-order chi connectivity index (χ0) is 37.4. The highest BCUT2D eigenvalue weighted by molar-refractivity contribution is 6.90. The molecule has 0 radical (unpaired) electrons. The molecule has 13 nitrogen and oxygen atoms in total. The van der Waals surface area contributed by atoms with Gasteiger partial charge in [-0.05, 0) is 40.9 Å². The molecule has 6 rings (SSSR count). The number of nitrogens with zero attached hydrogens (tertiary/aromatic N) is 9. The Morgan fingerprint density at radius 1 is 0.731 bits per heavy atom. The molecule has 1 saturated heterocycles. The van der Waals surface area contributed by atoms with E-state index >= 15 is 0 Å². The zero-order valence-electron chi connectivity index (χ0n) is 31.6. The third-order valence-electron chi connectivity index (χ3n) is 10.6. The number of hydrogen-bond donors (Lipinski definition) is 2. The van der Waals surface area contributed by atoms with Crippen LogP contribution in [-0.4, -0.2) is 140 Å². The van der Waals surface area contributed by atoms with Gasteiger partial charge in [-0.15, -0.1) is 10.6 Å². The second-order valence-electron chi connectivity index (χ2n) is 15.2. The molecular formula is C38H55N9O4Si. The number of carbonyl (C=O) groups is 2. The molecule has 0 amide bonds. The van der Waals surface area contributed by atoms with Gasteiger partial charge < -0.3 is 10.2 Å². The normalized spacial score (nSPS) is 19.6. The highest BCUT2D eigenvalue weighted by atomic mass is 28.3. The molecule has 0 spiro atoms. The van der Waals surface area contributed by atoms with Gasteiger partial charge in [-0.25, -0.2) is 9.67 Å². The summed E-state index contributed by atoms with van der Waals surface area (Å²) in [5.41, 5.74) is 10.3. The number of aliphatic carboxylic acids is 2. The first kappa shape index (κ1) is 39.2. The summed E-state index contributed by atoms with van der Waals surface area (Å²) in [6.07, 6.45) is 1.73. The van der Waals surface area contributed by atoms with E-state index in [0.717, 1.165) is 34.0 Å². The van der Waals surface area contributed by atoms with Crippen molar-refractivity contribution in [1.82, 2.24) is 44.6 Å². The number of hydrogen-bond acceptors (Lipinski definition) is 10. The lowest BCUT2D eigenvalue weighted by molar-refractivity contribution is -0.139. The molecule has 6 heterocycles. The zero-order valence-corrected chi connectivity index (χ0v) is 32.6. The molecule has 3 aromatic rings. The van der Waals surface area contributed by atoms with E-state index in [9.17, 15) is 19.8 Å². The van der Waals surface area contributed by atoms with Gasteiger partial charge in [0.05, 0.1) is 48.6 Å². The summed E-state index contributed by atoms with van der Waals surface area (Å²) in [4.78, 5) is 42.5. The highest BCUT2D eigenvalue weighted by Gasteiger charge is 2.41. The quantitative estimate of drug-likeness (QED) is 0.270. The van der Waals surface area contributed by atoms with Crippen molar-refractivity contribution in [2.75, 3.05) is 65.4 Å². The van der Waals surface area contributed by atoms with Crippen LogP contribution in [0.5, 0.6) is 0 Å². The van der Waals surface area contributed by atoms with E-state index in [1.165, 1.54) is 0 Å². The molecule has 6 bridgehead atoms. The molecule has 1 fully saturated rings. The van der Waals surface area contributed by atoms with E-state index in [1.807, 2.05) is 32.7 Å². The molecule has 3 aromatic heterocycles. The Bertz CT molecular complexity index is 1700. The SMILES string of the molecule is CC(C)[Si](C#Cc1cc2nc(c1)Cn1nncc1-c1cccc(n1)CN1CCN(CC(=O)O)CCN(CCN(CC(=O)O)CC1)C2)(C(C)C)C(C)C. The smallest absolute Gasteiger partial charge is 0.317 e. The summed E-state index contributed by atoms with van der Waals surface area (Å²) in [5.74, 6) is 1.92. The van der Waals surface area contributed by atoms with E-state index in [1.54, 1.807) is 6.20 Å². The number of rotatable bonds is 7. The van der Waals surface area contributed by atoms with Crippen molar-refractivity contribution in [2.24, 2.45) is 0 Å². The van der Waals surface area contributed by atoms with Crippen molar-refractivity contribution in [3.8, 4) is 22.9 Å². The molecule has 0 saturated carbocycles. The third kappa shape index (κ3) is 10.1. The maximum atomic E-state index is 11.9. The van der Waals surface area contributed by atoms with Gasteiger partial charge >= 0.3 is 11.9 Å². The molecule has 0 unspecified atom stereocenters. The van der Waals surface area contributed by atoms with Crippen LogP contribution in [0, 0.1) is 11.5 Å². The van der Waals surface area contributed by atoms with Gasteiger partial charge in [-0.2, -0.15) is 0 Å². The van der Waals surface area contributed by atoms with Gasteiger partial charge in [-0.1, -0.05) is 58.7 Å². The molecule has 52 heavy (non-hydrogen) atoms. The number of aromatic nitrogens is 5. The Balaban J connectivity index is 1.64. The predicted octanol–water partition coefficient (Wildman–Crippen LogP) is 3.76. The van der Waals surface area contributed by atoms with Crippen molar-refractivity contribution in [1.29, 1.82) is 0 Å². The number of fused-ring (bicyclic) bond motifs is 8. The highest BCUT2D eigenvalue weighted by Crippen LogP contribution is 2.40. The third-order valence-corrected chi connectivity index (χ3v) is 16.9. The van der Waals surface area contributed by atoms with Gasteiger partial charge in [-0.3, -0.25) is 34.2 Å². The van der Waals surface area contributed by atoms with E-state index in [-0.39, 0.29) is 13.1 Å². The molecule has 280 valence electrons. The fraction of sp³-hybridized carbons (Fsp3) is 0.579. The van der Waals surface area contributed by atoms with Crippen LogP contribution in [-0.2, 0) is 29.2 Å². The molecule has 0 aliphatic carbocycles. The van der Waals surface area contributed by atoms with E-state index in [2.05, 4.69) is 85.3 Å². The van der Waals surface area contributed by atoms with Crippen molar-refractivity contribution in [2.45, 2.75) is 77.8 Å². The first-order chi connectivity index (χ1) is 24.8. The van der Waals surface area contributed by atoms with Crippen LogP contribution >= 0.6 is 0 Å². The molecule has 0 aromatic carbocycles. The Morgan fingerprint density at radius 2 is 1.25 bits per heavy atom. The summed E-state index contributed by atoms with van der Waals surface area (Å²) >= 11 is 0. The van der Waals surface area contributed by atoms with Crippen LogP contribution in [0.15, 0.2) is 36.5 Å². The van der Waals surface area contributed by atoms with Crippen LogP contribution < -0.4 is 0 Å². The number of carboxylic acids is 2. The van der Waals surface area contributed by atoms with Crippen molar-refractivity contribution in [3.63, 3.8) is 0 Å². The maximum absolute atomic E-state index is 11.9. The Morgan fingerprint density at radius 3 is 1.77 bits per heavy atom. The standard InChI is InChI=1S/C38H55N9O4Si/c1-28(2)52(29(3)4,30(5)6)19-10-31-20-33-24-44-13-17-45(26-37(48)49)15-11-43(12-16-46(18-14-44)27-38(50)51)23-32-8-7-9-35(41-32)36-22-39-42-47(36)25-34(21-31)40-33/h7-9,20-22,28-30H,11-18,23-27H2,1-6H3,(H,48,49)(H,50,51). The van der Waals surface area contributed by atoms with Crippen LogP contribution in [0.3, 0.4) is 0 Å². The number of carboxylic acid groups (broad SMARTS) is 2. The van der Waals surface area contributed by atoms with Gasteiger partial charge in [0.25, 0.3) is 0 Å². The van der Waals surface area contributed by atoms with Crippen LogP contribution in [0.4, 0.5) is 0 Å². The largest absolute Gasteiger partial charge is 0.480 e. The maximum Gasteiger partial charge on any atom is 0.317 e. The second-order valence-corrected chi connectivity index (χ2v) is 20.7. The van der Waals surface area contributed by atoms with Gasteiger partial charge in [0, 0.05) is 71.0 Å². The van der Waals surface area contributed by atoms with Crippen LogP contribution in [0.1, 0.15) is 64.2 Å². The fourth-order valence-corrected chi connectivity index (χ4v) is 13.2. The Kier molecular flexibility index (Phi) is 13.3. The molecule has 3 aliphatic rings.